The molecule has 1 fully saturated rings. The van der Waals surface area contributed by atoms with E-state index < -0.39 is 0 Å². The Hall–Kier alpha value is -0.450. The Morgan fingerprint density at radius 3 is 2.81 bits per heavy atom. The molecule has 0 spiro atoms. The quantitative estimate of drug-likeness (QED) is 0.859. The van der Waals surface area contributed by atoms with Gasteiger partial charge in [-0.15, -0.1) is 11.3 Å². The van der Waals surface area contributed by atoms with E-state index >= 15 is 0 Å². The summed E-state index contributed by atoms with van der Waals surface area (Å²) in [7, 11) is 0. The highest BCUT2D eigenvalue weighted by Gasteiger charge is 2.23. The van der Waals surface area contributed by atoms with Crippen LogP contribution in [0.25, 0.3) is 0 Å². The van der Waals surface area contributed by atoms with Crippen molar-refractivity contribution in [3.8, 4) is 0 Å². The number of thiazole rings is 1. The van der Waals surface area contributed by atoms with Gasteiger partial charge in [-0.05, 0) is 33.6 Å². The molecule has 16 heavy (non-hydrogen) atoms. The molecular formula is C12H21N3S. The first-order valence-electron chi connectivity index (χ1n) is 5.99. The smallest absolute Gasteiger partial charge is 0.107 e. The van der Waals surface area contributed by atoms with Crippen molar-refractivity contribution in [2.45, 2.75) is 52.2 Å². The van der Waals surface area contributed by atoms with Gasteiger partial charge < -0.3 is 5.73 Å². The highest BCUT2D eigenvalue weighted by molar-refractivity contribution is 7.11. The van der Waals surface area contributed by atoms with Crippen LogP contribution in [0.3, 0.4) is 0 Å². The van der Waals surface area contributed by atoms with Gasteiger partial charge in [0.2, 0.25) is 0 Å². The molecule has 1 saturated heterocycles. The monoisotopic (exact) mass is 239 g/mol. The number of hydrogen-bond acceptors (Lipinski definition) is 4. The minimum atomic E-state index is 0.394. The second-order valence-corrected chi connectivity index (χ2v) is 6.14. The van der Waals surface area contributed by atoms with Gasteiger partial charge in [-0.2, -0.15) is 0 Å². The van der Waals surface area contributed by atoms with Crippen LogP contribution >= 0.6 is 11.3 Å². The van der Waals surface area contributed by atoms with Crippen LogP contribution in [0.5, 0.6) is 0 Å². The number of piperidine rings is 1. The Bertz CT molecular complexity index is 342. The van der Waals surface area contributed by atoms with Gasteiger partial charge >= 0.3 is 0 Å². The summed E-state index contributed by atoms with van der Waals surface area (Å²) in [4.78, 5) is 8.45. The van der Waals surface area contributed by atoms with E-state index in [9.17, 15) is 0 Å². The van der Waals surface area contributed by atoms with Gasteiger partial charge in [-0.25, -0.2) is 4.98 Å². The van der Waals surface area contributed by atoms with Crippen molar-refractivity contribution in [3.63, 3.8) is 0 Å². The van der Waals surface area contributed by atoms with E-state index in [2.05, 4.69) is 30.7 Å². The average molecular weight is 239 g/mol. The lowest BCUT2D eigenvalue weighted by atomic mass is 9.99. The molecule has 2 atom stereocenters. The first kappa shape index (κ1) is 12.0. The normalized spacial score (nSPS) is 27.2. The van der Waals surface area contributed by atoms with E-state index in [0.29, 0.717) is 12.1 Å². The molecule has 90 valence electrons. The van der Waals surface area contributed by atoms with E-state index in [4.69, 9.17) is 5.73 Å². The largest absolute Gasteiger partial charge is 0.328 e. The van der Waals surface area contributed by atoms with Gasteiger partial charge in [-0.3, -0.25) is 4.90 Å². The lowest BCUT2D eigenvalue weighted by Crippen LogP contribution is -2.44. The van der Waals surface area contributed by atoms with E-state index in [1.165, 1.54) is 15.6 Å². The highest BCUT2D eigenvalue weighted by atomic mass is 32.1. The van der Waals surface area contributed by atoms with Crippen LogP contribution in [0.1, 0.15) is 35.3 Å². The summed E-state index contributed by atoms with van der Waals surface area (Å²) >= 11 is 1.83. The standard InChI is InChI=1S/C12H21N3S/c1-8-6-11(13)4-5-15(8)7-12-14-9(2)10(3)16-12/h8,11H,4-7,13H2,1-3H3. The zero-order valence-electron chi connectivity index (χ0n) is 10.4. The predicted molar refractivity (Wildman–Crippen MR) is 68.7 cm³/mol. The first-order chi connectivity index (χ1) is 7.56. The summed E-state index contributed by atoms with van der Waals surface area (Å²) < 4.78 is 0. The Balaban J connectivity index is 1.99. The zero-order valence-corrected chi connectivity index (χ0v) is 11.2. The van der Waals surface area contributed by atoms with Crippen molar-refractivity contribution in [3.05, 3.63) is 15.6 Å². The summed E-state index contributed by atoms with van der Waals surface area (Å²) in [5.74, 6) is 0. The number of aromatic nitrogens is 1. The molecule has 0 amide bonds. The number of likely N-dealkylation sites (tertiary alicyclic amines) is 1. The molecule has 1 aliphatic rings. The van der Waals surface area contributed by atoms with Crippen LogP contribution in [0, 0.1) is 13.8 Å². The molecule has 0 radical (unpaired) electrons. The van der Waals surface area contributed by atoms with Crippen LogP contribution < -0.4 is 5.73 Å². The molecule has 2 N–H and O–H groups in total. The van der Waals surface area contributed by atoms with Gasteiger partial charge in [0, 0.05) is 23.5 Å². The fraction of sp³-hybridized carbons (Fsp3) is 0.750. The summed E-state index contributed by atoms with van der Waals surface area (Å²) in [6, 6.07) is 0.985. The number of hydrogen-bond donors (Lipinski definition) is 1. The zero-order chi connectivity index (χ0) is 11.7. The Labute approximate surface area is 102 Å². The van der Waals surface area contributed by atoms with Gasteiger partial charge in [0.25, 0.3) is 0 Å². The maximum Gasteiger partial charge on any atom is 0.107 e. The van der Waals surface area contributed by atoms with Crippen LogP contribution in [0.2, 0.25) is 0 Å². The molecule has 0 aliphatic carbocycles. The molecule has 0 saturated carbocycles. The van der Waals surface area contributed by atoms with Gasteiger partial charge in [0.1, 0.15) is 5.01 Å². The third kappa shape index (κ3) is 2.62. The molecule has 1 aromatic heterocycles. The van der Waals surface area contributed by atoms with Crippen molar-refractivity contribution in [1.82, 2.24) is 9.88 Å². The molecule has 1 aliphatic heterocycles. The average Bonchev–Trinajstić information content (AvgIpc) is 2.51. The fourth-order valence-electron chi connectivity index (χ4n) is 2.27. The SMILES string of the molecule is Cc1nc(CN2CCC(N)CC2C)sc1C. The van der Waals surface area contributed by atoms with Crippen molar-refractivity contribution in [2.24, 2.45) is 5.73 Å². The number of rotatable bonds is 2. The van der Waals surface area contributed by atoms with Crippen LogP contribution in [0.15, 0.2) is 0 Å². The van der Waals surface area contributed by atoms with Crippen molar-refractivity contribution in [1.29, 1.82) is 0 Å². The summed E-state index contributed by atoms with van der Waals surface area (Å²) in [6.45, 7) is 8.61. The third-order valence-corrected chi connectivity index (χ3v) is 4.52. The summed E-state index contributed by atoms with van der Waals surface area (Å²) in [5, 5.41) is 1.25. The molecule has 2 rings (SSSR count). The molecule has 0 aromatic carbocycles. The Morgan fingerprint density at radius 2 is 2.25 bits per heavy atom. The molecule has 0 bridgehead atoms. The van der Waals surface area contributed by atoms with Crippen molar-refractivity contribution >= 4 is 11.3 Å². The molecule has 1 aromatic rings. The Morgan fingerprint density at radius 1 is 1.50 bits per heavy atom. The fourth-order valence-corrected chi connectivity index (χ4v) is 3.23. The Kier molecular flexibility index (Phi) is 3.62. The van der Waals surface area contributed by atoms with E-state index in [1.807, 2.05) is 11.3 Å². The maximum atomic E-state index is 5.97. The van der Waals surface area contributed by atoms with E-state index in [1.54, 1.807) is 0 Å². The lowest BCUT2D eigenvalue weighted by molar-refractivity contribution is 0.140. The lowest BCUT2D eigenvalue weighted by Gasteiger charge is -2.35. The van der Waals surface area contributed by atoms with Gasteiger partial charge in [-0.1, -0.05) is 0 Å². The van der Waals surface area contributed by atoms with Crippen LogP contribution in [-0.2, 0) is 6.54 Å². The first-order valence-corrected chi connectivity index (χ1v) is 6.80. The molecule has 3 nitrogen and oxygen atoms in total. The summed E-state index contributed by atoms with van der Waals surface area (Å²) in [5.41, 5.74) is 7.15. The minimum absolute atomic E-state index is 0.394. The van der Waals surface area contributed by atoms with Gasteiger partial charge in [0.15, 0.2) is 0 Å². The number of aryl methyl sites for hydroxylation is 2. The molecule has 4 heteroatoms. The second-order valence-electron chi connectivity index (χ2n) is 4.85. The topological polar surface area (TPSA) is 42.2 Å². The van der Waals surface area contributed by atoms with Crippen molar-refractivity contribution < 1.29 is 0 Å². The molecular weight excluding hydrogens is 218 g/mol. The highest BCUT2D eigenvalue weighted by Crippen LogP contribution is 2.22. The van der Waals surface area contributed by atoms with Gasteiger partial charge in [0.05, 0.1) is 12.2 Å². The summed E-state index contributed by atoms with van der Waals surface area (Å²) in [6.07, 6.45) is 2.23. The van der Waals surface area contributed by atoms with Crippen LogP contribution in [0.4, 0.5) is 0 Å². The molecule has 2 heterocycles. The predicted octanol–water partition coefficient (Wildman–Crippen LogP) is 2.07. The van der Waals surface area contributed by atoms with Crippen LogP contribution in [-0.4, -0.2) is 28.5 Å². The minimum Gasteiger partial charge on any atom is -0.328 e. The maximum absolute atomic E-state index is 5.97. The number of nitrogens with two attached hydrogens (primary N) is 1. The van der Waals surface area contributed by atoms with E-state index in [-0.39, 0.29) is 0 Å². The van der Waals surface area contributed by atoms with Crippen molar-refractivity contribution in [2.75, 3.05) is 6.54 Å². The van der Waals surface area contributed by atoms with E-state index in [0.717, 1.165) is 25.9 Å². The third-order valence-electron chi connectivity index (χ3n) is 3.47. The molecule has 2 unspecified atom stereocenters. The number of nitrogens with zero attached hydrogens (tertiary/aromatic N) is 2. The second kappa shape index (κ2) is 4.82.